The van der Waals surface area contributed by atoms with E-state index in [9.17, 15) is 0 Å². The second kappa shape index (κ2) is 6.19. The normalized spacial score (nSPS) is 23.1. The zero-order valence-electron chi connectivity index (χ0n) is 12.1. The van der Waals surface area contributed by atoms with Gasteiger partial charge in [-0.1, -0.05) is 6.92 Å². The van der Waals surface area contributed by atoms with Crippen LogP contribution in [0.4, 0.5) is 11.6 Å². The van der Waals surface area contributed by atoms with E-state index in [-0.39, 0.29) is 5.54 Å². The maximum absolute atomic E-state index is 5.59. The van der Waals surface area contributed by atoms with Crippen LogP contribution in [0.3, 0.4) is 0 Å². The summed E-state index contributed by atoms with van der Waals surface area (Å²) in [5.74, 6) is 1.87. The molecule has 0 aliphatic carbocycles. The highest BCUT2D eigenvalue weighted by atomic mass is 16.5. The summed E-state index contributed by atoms with van der Waals surface area (Å²) in [6.45, 7) is 8.86. The lowest BCUT2D eigenvalue weighted by atomic mass is 9.94. The van der Waals surface area contributed by atoms with Crippen LogP contribution in [0.1, 0.15) is 39.2 Å². The maximum atomic E-state index is 5.59. The Morgan fingerprint density at radius 3 is 2.74 bits per heavy atom. The van der Waals surface area contributed by atoms with Crippen LogP contribution in [-0.2, 0) is 11.2 Å². The van der Waals surface area contributed by atoms with Crippen molar-refractivity contribution in [2.24, 2.45) is 0 Å². The first kappa shape index (κ1) is 14.1. The molecule has 1 unspecified atom stereocenters. The van der Waals surface area contributed by atoms with Crippen LogP contribution in [0, 0.1) is 0 Å². The van der Waals surface area contributed by atoms with Crippen LogP contribution < -0.4 is 10.6 Å². The Hall–Kier alpha value is -1.36. The van der Waals surface area contributed by atoms with Crippen molar-refractivity contribution < 1.29 is 4.74 Å². The monoisotopic (exact) mass is 264 g/mol. The summed E-state index contributed by atoms with van der Waals surface area (Å²) < 4.78 is 5.59. The van der Waals surface area contributed by atoms with Crippen LogP contribution in [-0.4, -0.2) is 35.3 Å². The molecule has 106 valence electrons. The molecule has 2 heterocycles. The maximum Gasteiger partial charge on any atom is 0.135 e. The SMILES string of the molecule is CCNc1ncnc(NC2(C)CCCOC2)c1CC. The smallest absolute Gasteiger partial charge is 0.135 e. The summed E-state index contributed by atoms with van der Waals surface area (Å²) in [6, 6.07) is 0. The summed E-state index contributed by atoms with van der Waals surface area (Å²) in [5, 5.41) is 6.85. The molecule has 2 N–H and O–H groups in total. The molecule has 1 aromatic rings. The van der Waals surface area contributed by atoms with E-state index in [2.05, 4.69) is 41.4 Å². The van der Waals surface area contributed by atoms with Gasteiger partial charge in [0.25, 0.3) is 0 Å². The molecule has 0 aromatic carbocycles. The standard InChI is InChI=1S/C14H24N4O/c1-4-11-12(15-5-2)16-10-17-13(11)18-14(3)7-6-8-19-9-14/h10H,4-9H2,1-3H3,(H2,15,16,17,18). The van der Waals surface area contributed by atoms with E-state index >= 15 is 0 Å². The molecule has 5 heteroatoms. The lowest BCUT2D eigenvalue weighted by molar-refractivity contribution is 0.0538. The Balaban J connectivity index is 2.21. The van der Waals surface area contributed by atoms with Crippen molar-refractivity contribution in [3.63, 3.8) is 0 Å². The van der Waals surface area contributed by atoms with Crippen molar-refractivity contribution in [1.29, 1.82) is 0 Å². The van der Waals surface area contributed by atoms with E-state index in [1.54, 1.807) is 6.33 Å². The van der Waals surface area contributed by atoms with E-state index in [0.717, 1.165) is 56.2 Å². The minimum Gasteiger partial charge on any atom is -0.379 e. The molecular formula is C14H24N4O. The van der Waals surface area contributed by atoms with Gasteiger partial charge in [-0.3, -0.25) is 0 Å². The Labute approximate surface area is 115 Å². The molecule has 0 saturated carbocycles. The van der Waals surface area contributed by atoms with E-state index in [0.29, 0.717) is 0 Å². The molecule has 0 spiro atoms. The lowest BCUT2D eigenvalue weighted by Gasteiger charge is -2.35. The number of anilines is 2. The van der Waals surface area contributed by atoms with Gasteiger partial charge in [-0.2, -0.15) is 0 Å². The molecule has 1 saturated heterocycles. The average Bonchev–Trinajstić information content (AvgIpc) is 2.40. The third kappa shape index (κ3) is 3.35. The van der Waals surface area contributed by atoms with Crippen molar-refractivity contribution in [2.75, 3.05) is 30.4 Å². The fourth-order valence-electron chi connectivity index (χ4n) is 2.49. The number of aromatic nitrogens is 2. The minimum absolute atomic E-state index is 0.0278. The van der Waals surface area contributed by atoms with Crippen molar-refractivity contribution in [2.45, 2.75) is 45.6 Å². The molecule has 2 rings (SSSR count). The van der Waals surface area contributed by atoms with Gasteiger partial charge >= 0.3 is 0 Å². The fourth-order valence-corrected chi connectivity index (χ4v) is 2.49. The molecule has 0 amide bonds. The largest absolute Gasteiger partial charge is 0.379 e. The van der Waals surface area contributed by atoms with Gasteiger partial charge in [0.05, 0.1) is 12.1 Å². The van der Waals surface area contributed by atoms with Gasteiger partial charge in [0.1, 0.15) is 18.0 Å². The fraction of sp³-hybridized carbons (Fsp3) is 0.714. The predicted molar refractivity (Wildman–Crippen MR) is 77.7 cm³/mol. The third-order valence-electron chi connectivity index (χ3n) is 3.50. The second-order valence-corrected chi connectivity index (χ2v) is 5.28. The van der Waals surface area contributed by atoms with Gasteiger partial charge in [-0.15, -0.1) is 0 Å². The Bertz CT molecular complexity index is 416. The Kier molecular flexibility index (Phi) is 4.58. The van der Waals surface area contributed by atoms with Gasteiger partial charge in [-0.25, -0.2) is 9.97 Å². The van der Waals surface area contributed by atoms with Gasteiger partial charge in [0.2, 0.25) is 0 Å². The molecule has 19 heavy (non-hydrogen) atoms. The minimum atomic E-state index is -0.0278. The summed E-state index contributed by atoms with van der Waals surface area (Å²) in [5.41, 5.74) is 1.12. The molecule has 1 aliphatic heterocycles. The van der Waals surface area contributed by atoms with Crippen molar-refractivity contribution in [3.8, 4) is 0 Å². The van der Waals surface area contributed by atoms with Crippen LogP contribution in [0.25, 0.3) is 0 Å². The third-order valence-corrected chi connectivity index (χ3v) is 3.50. The highest BCUT2D eigenvalue weighted by molar-refractivity contribution is 5.58. The van der Waals surface area contributed by atoms with E-state index in [4.69, 9.17) is 4.74 Å². The van der Waals surface area contributed by atoms with Crippen LogP contribution in [0.2, 0.25) is 0 Å². The number of hydrogen-bond donors (Lipinski definition) is 2. The summed E-state index contributed by atoms with van der Waals surface area (Å²) in [7, 11) is 0. The molecule has 1 atom stereocenters. The first-order valence-corrected chi connectivity index (χ1v) is 7.12. The molecule has 0 radical (unpaired) electrons. The van der Waals surface area contributed by atoms with Gasteiger partial charge in [0.15, 0.2) is 0 Å². The molecule has 1 aliphatic rings. The van der Waals surface area contributed by atoms with Gasteiger partial charge in [-0.05, 0) is 33.1 Å². The molecule has 0 bridgehead atoms. The number of hydrogen-bond acceptors (Lipinski definition) is 5. The molecular weight excluding hydrogens is 240 g/mol. The zero-order valence-corrected chi connectivity index (χ0v) is 12.1. The number of rotatable bonds is 5. The number of nitrogens with one attached hydrogen (secondary N) is 2. The van der Waals surface area contributed by atoms with E-state index in [1.165, 1.54) is 0 Å². The zero-order chi connectivity index (χ0) is 13.7. The van der Waals surface area contributed by atoms with Gasteiger partial charge in [0, 0.05) is 18.7 Å². The number of nitrogens with zero attached hydrogens (tertiary/aromatic N) is 2. The van der Waals surface area contributed by atoms with Gasteiger partial charge < -0.3 is 15.4 Å². The first-order chi connectivity index (χ1) is 9.18. The van der Waals surface area contributed by atoms with Crippen LogP contribution in [0.15, 0.2) is 6.33 Å². The van der Waals surface area contributed by atoms with E-state index < -0.39 is 0 Å². The molecule has 1 fully saturated rings. The van der Waals surface area contributed by atoms with Crippen molar-refractivity contribution >= 4 is 11.6 Å². The summed E-state index contributed by atoms with van der Waals surface area (Å²) in [6.07, 6.45) is 4.72. The predicted octanol–water partition coefficient (Wildman–Crippen LogP) is 2.45. The van der Waals surface area contributed by atoms with Crippen LogP contribution >= 0.6 is 0 Å². The Morgan fingerprint density at radius 2 is 2.11 bits per heavy atom. The average molecular weight is 264 g/mol. The van der Waals surface area contributed by atoms with E-state index in [1.807, 2.05) is 0 Å². The second-order valence-electron chi connectivity index (χ2n) is 5.28. The highest BCUT2D eigenvalue weighted by Crippen LogP contribution is 2.27. The quantitative estimate of drug-likeness (QED) is 0.855. The molecule has 5 nitrogen and oxygen atoms in total. The first-order valence-electron chi connectivity index (χ1n) is 7.12. The Morgan fingerprint density at radius 1 is 1.32 bits per heavy atom. The summed E-state index contributed by atoms with van der Waals surface area (Å²) in [4.78, 5) is 8.74. The number of ether oxygens (including phenoxy) is 1. The highest BCUT2D eigenvalue weighted by Gasteiger charge is 2.28. The molecule has 1 aromatic heterocycles. The topological polar surface area (TPSA) is 59.1 Å². The summed E-state index contributed by atoms with van der Waals surface area (Å²) >= 11 is 0. The van der Waals surface area contributed by atoms with Crippen molar-refractivity contribution in [1.82, 2.24) is 9.97 Å². The van der Waals surface area contributed by atoms with Crippen LogP contribution in [0.5, 0.6) is 0 Å². The lowest BCUT2D eigenvalue weighted by Crippen LogP contribution is -2.43. The van der Waals surface area contributed by atoms with Crippen molar-refractivity contribution in [3.05, 3.63) is 11.9 Å².